The van der Waals surface area contributed by atoms with Gasteiger partial charge in [0.2, 0.25) is 5.75 Å². The largest absolute Gasteiger partial charge is 0.493 e. The standard InChI is InChI=1S/C15H24N2O4/c1-3-4-5-6-9-21-15-13(17(18)19)10-12(7-8-16)11-14(15)20-2/h10-11H,3-9,16H2,1-2H3. The molecular weight excluding hydrogens is 272 g/mol. The summed E-state index contributed by atoms with van der Waals surface area (Å²) in [5.74, 6) is 0.600. The van der Waals surface area contributed by atoms with Crippen LogP contribution in [-0.4, -0.2) is 25.2 Å². The van der Waals surface area contributed by atoms with Crippen molar-refractivity contribution in [2.45, 2.75) is 39.0 Å². The normalized spacial score (nSPS) is 10.4. The van der Waals surface area contributed by atoms with Crippen molar-refractivity contribution >= 4 is 5.69 Å². The number of hydrogen-bond acceptors (Lipinski definition) is 5. The van der Waals surface area contributed by atoms with E-state index in [0.717, 1.165) is 31.2 Å². The third kappa shape index (κ3) is 5.23. The van der Waals surface area contributed by atoms with E-state index in [1.54, 1.807) is 6.07 Å². The van der Waals surface area contributed by atoms with Crippen molar-refractivity contribution in [3.8, 4) is 11.5 Å². The van der Waals surface area contributed by atoms with E-state index in [-0.39, 0.29) is 11.4 Å². The van der Waals surface area contributed by atoms with Crippen LogP contribution in [0.15, 0.2) is 12.1 Å². The Morgan fingerprint density at radius 2 is 2.05 bits per heavy atom. The van der Waals surface area contributed by atoms with E-state index < -0.39 is 4.92 Å². The van der Waals surface area contributed by atoms with Gasteiger partial charge >= 0.3 is 5.69 Å². The highest BCUT2D eigenvalue weighted by atomic mass is 16.6. The highest BCUT2D eigenvalue weighted by Crippen LogP contribution is 2.38. The molecule has 21 heavy (non-hydrogen) atoms. The molecule has 0 saturated carbocycles. The fourth-order valence-electron chi connectivity index (χ4n) is 2.09. The molecule has 0 aliphatic rings. The van der Waals surface area contributed by atoms with Gasteiger partial charge in [-0.05, 0) is 31.0 Å². The van der Waals surface area contributed by atoms with Gasteiger partial charge in [-0.2, -0.15) is 0 Å². The van der Waals surface area contributed by atoms with Crippen LogP contribution in [0.3, 0.4) is 0 Å². The van der Waals surface area contributed by atoms with E-state index in [2.05, 4.69) is 6.92 Å². The van der Waals surface area contributed by atoms with Crippen molar-refractivity contribution in [3.63, 3.8) is 0 Å². The molecule has 0 bridgehead atoms. The molecule has 1 rings (SSSR count). The predicted octanol–water partition coefficient (Wildman–Crippen LogP) is 3.06. The smallest absolute Gasteiger partial charge is 0.315 e. The number of benzene rings is 1. The van der Waals surface area contributed by atoms with Crippen LogP contribution < -0.4 is 15.2 Å². The van der Waals surface area contributed by atoms with Gasteiger partial charge in [-0.1, -0.05) is 26.2 Å². The lowest BCUT2D eigenvalue weighted by Crippen LogP contribution is -2.06. The minimum atomic E-state index is -0.441. The van der Waals surface area contributed by atoms with Crippen LogP contribution in [0.2, 0.25) is 0 Å². The SMILES string of the molecule is CCCCCCOc1c(OC)cc(CCN)cc1[N+](=O)[O-]. The second kappa shape index (κ2) is 9.18. The molecular formula is C15H24N2O4. The van der Waals surface area contributed by atoms with Crippen LogP contribution in [0.1, 0.15) is 38.2 Å². The van der Waals surface area contributed by atoms with Gasteiger partial charge < -0.3 is 15.2 Å². The first-order valence-corrected chi connectivity index (χ1v) is 7.32. The van der Waals surface area contributed by atoms with Crippen LogP contribution in [0.4, 0.5) is 5.69 Å². The van der Waals surface area contributed by atoms with Crippen molar-refractivity contribution in [2.75, 3.05) is 20.3 Å². The fourth-order valence-corrected chi connectivity index (χ4v) is 2.09. The third-order valence-corrected chi connectivity index (χ3v) is 3.19. The summed E-state index contributed by atoms with van der Waals surface area (Å²) in [6.07, 6.45) is 4.76. The van der Waals surface area contributed by atoms with Crippen LogP contribution in [0.5, 0.6) is 11.5 Å². The zero-order valence-electron chi connectivity index (χ0n) is 12.8. The zero-order valence-corrected chi connectivity index (χ0v) is 12.8. The monoisotopic (exact) mass is 296 g/mol. The molecule has 118 valence electrons. The summed E-state index contributed by atoms with van der Waals surface area (Å²) in [5.41, 5.74) is 6.22. The van der Waals surface area contributed by atoms with Crippen molar-refractivity contribution in [1.82, 2.24) is 0 Å². The average Bonchev–Trinajstić information content (AvgIpc) is 2.47. The van der Waals surface area contributed by atoms with Gasteiger partial charge in [0.1, 0.15) is 0 Å². The van der Waals surface area contributed by atoms with Crippen molar-refractivity contribution in [2.24, 2.45) is 5.73 Å². The number of unbranched alkanes of at least 4 members (excludes halogenated alkanes) is 3. The Morgan fingerprint density at radius 3 is 2.62 bits per heavy atom. The number of nitro groups is 1. The molecule has 0 fully saturated rings. The molecule has 2 N–H and O–H groups in total. The van der Waals surface area contributed by atoms with E-state index in [0.29, 0.717) is 25.3 Å². The summed E-state index contributed by atoms with van der Waals surface area (Å²) in [5, 5.41) is 11.2. The molecule has 0 aliphatic carbocycles. The topological polar surface area (TPSA) is 87.6 Å². The second-order valence-electron chi connectivity index (χ2n) is 4.85. The Morgan fingerprint density at radius 1 is 1.29 bits per heavy atom. The molecule has 0 amide bonds. The quantitative estimate of drug-likeness (QED) is 0.407. The van der Waals surface area contributed by atoms with Gasteiger partial charge in [0.15, 0.2) is 5.75 Å². The maximum atomic E-state index is 11.2. The van der Waals surface area contributed by atoms with E-state index in [1.807, 2.05) is 0 Å². The summed E-state index contributed by atoms with van der Waals surface area (Å²) in [6.45, 7) is 3.01. The van der Waals surface area contributed by atoms with Crippen molar-refractivity contribution in [3.05, 3.63) is 27.8 Å². The predicted molar refractivity (Wildman–Crippen MR) is 82.0 cm³/mol. The van der Waals surface area contributed by atoms with Gasteiger partial charge in [0, 0.05) is 6.07 Å². The van der Waals surface area contributed by atoms with E-state index >= 15 is 0 Å². The molecule has 0 saturated heterocycles. The van der Waals surface area contributed by atoms with Crippen LogP contribution in [0.25, 0.3) is 0 Å². The van der Waals surface area contributed by atoms with Gasteiger partial charge in [0.05, 0.1) is 18.6 Å². The number of nitro benzene ring substituents is 1. The first-order chi connectivity index (χ1) is 10.1. The van der Waals surface area contributed by atoms with Gasteiger partial charge in [-0.25, -0.2) is 0 Å². The Kier molecular flexibility index (Phi) is 7.53. The molecule has 0 heterocycles. The highest BCUT2D eigenvalue weighted by Gasteiger charge is 2.22. The van der Waals surface area contributed by atoms with Crippen LogP contribution in [-0.2, 0) is 6.42 Å². The van der Waals surface area contributed by atoms with Crippen LogP contribution in [0, 0.1) is 10.1 Å². The summed E-state index contributed by atoms with van der Waals surface area (Å²) in [7, 11) is 1.48. The van der Waals surface area contributed by atoms with Crippen LogP contribution >= 0.6 is 0 Å². The van der Waals surface area contributed by atoms with E-state index in [4.69, 9.17) is 15.2 Å². The second-order valence-corrected chi connectivity index (χ2v) is 4.85. The number of nitrogens with zero attached hydrogens (tertiary/aromatic N) is 1. The van der Waals surface area contributed by atoms with Crippen molar-refractivity contribution in [1.29, 1.82) is 0 Å². The molecule has 0 aliphatic heterocycles. The number of hydrogen-bond donors (Lipinski definition) is 1. The maximum Gasteiger partial charge on any atom is 0.315 e. The lowest BCUT2D eigenvalue weighted by Gasteiger charge is -2.12. The average molecular weight is 296 g/mol. The molecule has 1 aromatic rings. The minimum Gasteiger partial charge on any atom is -0.493 e. The summed E-state index contributed by atoms with van der Waals surface area (Å²) >= 11 is 0. The first-order valence-electron chi connectivity index (χ1n) is 7.32. The Labute approximate surface area is 125 Å². The van der Waals surface area contributed by atoms with E-state index in [9.17, 15) is 10.1 Å². The number of nitrogens with two attached hydrogens (primary N) is 1. The molecule has 6 heteroatoms. The first kappa shape index (κ1) is 17.2. The highest BCUT2D eigenvalue weighted by molar-refractivity contribution is 5.58. The van der Waals surface area contributed by atoms with Crippen molar-refractivity contribution < 1.29 is 14.4 Å². The van der Waals surface area contributed by atoms with E-state index in [1.165, 1.54) is 13.2 Å². The Hall–Kier alpha value is -1.82. The summed E-state index contributed by atoms with van der Waals surface area (Å²) in [6, 6.07) is 3.26. The summed E-state index contributed by atoms with van der Waals surface area (Å²) < 4.78 is 10.8. The summed E-state index contributed by atoms with van der Waals surface area (Å²) in [4.78, 5) is 10.8. The minimum absolute atomic E-state index is 0.0618. The molecule has 6 nitrogen and oxygen atoms in total. The lowest BCUT2D eigenvalue weighted by molar-refractivity contribution is -0.386. The Bertz CT molecular complexity index is 463. The molecule has 0 radical (unpaired) electrons. The molecule has 0 atom stereocenters. The number of ether oxygens (including phenoxy) is 2. The molecule has 0 spiro atoms. The van der Waals surface area contributed by atoms with Gasteiger partial charge in [-0.15, -0.1) is 0 Å². The number of rotatable bonds is 10. The van der Waals surface area contributed by atoms with Gasteiger partial charge in [0.25, 0.3) is 0 Å². The molecule has 0 unspecified atom stereocenters. The zero-order chi connectivity index (χ0) is 15.7. The fraction of sp³-hybridized carbons (Fsp3) is 0.600. The number of methoxy groups -OCH3 is 1. The van der Waals surface area contributed by atoms with Gasteiger partial charge in [-0.3, -0.25) is 10.1 Å². The maximum absolute atomic E-state index is 11.2. The Balaban J connectivity index is 2.90. The lowest BCUT2D eigenvalue weighted by atomic mass is 10.1. The third-order valence-electron chi connectivity index (χ3n) is 3.19. The molecule has 0 aromatic heterocycles. The molecule has 1 aromatic carbocycles.